The van der Waals surface area contributed by atoms with Gasteiger partial charge in [0.1, 0.15) is 5.54 Å². The van der Waals surface area contributed by atoms with Crippen LogP contribution in [0.4, 0.5) is 0 Å². The van der Waals surface area contributed by atoms with Crippen molar-refractivity contribution in [2.75, 3.05) is 33.4 Å². The molecule has 1 saturated heterocycles. The Hall–Kier alpha value is -0.650. The van der Waals surface area contributed by atoms with E-state index >= 15 is 0 Å². The molecule has 0 saturated carbocycles. The quantitative estimate of drug-likeness (QED) is 0.711. The average molecular weight is 271 g/mol. The molecule has 1 amide bonds. The number of carbonyl (C=O) groups is 1. The normalized spacial score (nSPS) is 23.6. The smallest absolute Gasteiger partial charge is 0.238 e. The molecule has 5 nitrogen and oxygen atoms in total. The number of amides is 1. The van der Waals surface area contributed by atoms with E-state index in [4.69, 9.17) is 10.5 Å². The number of carbonyl (C=O) groups excluding carboxylic acids is 1. The van der Waals surface area contributed by atoms with Crippen molar-refractivity contribution in [1.29, 1.82) is 0 Å². The van der Waals surface area contributed by atoms with Crippen molar-refractivity contribution in [2.45, 2.75) is 45.2 Å². The zero-order valence-electron chi connectivity index (χ0n) is 12.7. The zero-order chi connectivity index (χ0) is 14.5. The van der Waals surface area contributed by atoms with Crippen LogP contribution < -0.4 is 11.1 Å². The van der Waals surface area contributed by atoms with Gasteiger partial charge in [-0.25, -0.2) is 0 Å². The number of nitrogens with one attached hydrogen (secondary N) is 1. The summed E-state index contributed by atoms with van der Waals surface area (Å²) in [5, 5.41) is 3.28. The van der Waals surface area contributed by atoms with E-state index < -0.39 is 5.54 Å². The van der Waals surface area contributed by atoms with E-state index in [1.54, 1.807) is 0 Å². The lowest BCUT2D eigenvalue weighted by Crippen LogP contribution is -2.61. The minimum atomic E-state index is -0.682. The monoisotopic (exact) mass is 271 g/mol. The van der Waals surface area contributed by atoms with Crippen LogP contribution >= 0.6 is 0 Å². The number of likely N-dealkylation sites (N-methyl/N-ethyl adjacent to an activating group) is 1. The first-order valence-corrected chi connectivity index (χ1v) is 7.17. The lowest BCUT2D eigenvalue weighted by molar-refractivity contribution is -0.124. The minimum absolute atomic E-state index is 0.226. The summed E-state index contributed by atoms with van der Waals surface area (Å²) >= 11 is 0. The predicted molar refractivity (Wildman–Crippen MR) is 76.9 cm³/mol. The summed E-state index contributed by atoms with van der Waals surface area (Å²) in [5.74, 6) is 0.267. The first kappa shape index (κ1) is 16.4. The second kappa shape index (κ2) is 7.22. The second-order valence-electron chi connectivity index (χ2n) is 6.28. The van der Waals surface area contributed by atoms with Crippen molar-refractivity contribution in [3.8, 4) is 0 Å². The molecule has 1 aliphatic rings. The fourth-order valence-electron chi connectivity index (χ4n) is 2.83. The Morgan fingerprint density at radius 1 is 1.58 bits per heavy atom. The highest BCUT2D eigenvalue weighted by Gasteiger charge is 2.33. The van der Waals surface area contributed by atoms with Gasteiger partial charge in [-0.3, -0.25) is 4.79 Å². The molecule has 0 aliphatic carbocycles. The van der Waals surface area contributed by atoms with Crippen molar-refractivity contribution in [3.63, 3.8) is 0 Å². The van der Waals surface area contributed by atoms with Crippen molar-refractivity contribution in [1.82, 2.24) is 10.2 Å². The summed E-state index contributed by atoms with van der Waals surface area (Å²) in [6.07, 6.45) is 2.34. The molecule has 0 aromatic rings. The van der Waals surface area contributed by atoms with Gasteiger partial charge in [-0.2, -0.15) is 0 Å². The SMILES string of the molecule is CC(C)NC(C)(CN(C)CC1CCCOC1)C(N)=O. The Morgan fingerprint density at radius 2 is 2.26 bits per heavy atom. The van der Waals surface area contributed by atoms with Crippen LogP contribution in [0.5, 0.6) is 0 Å². The summed E-state index contributed by atoms with van der Waals surface area (Å²) in [4.78, 5) is 13.9. The molecule has 1 aliphatic heterocycles. The van der Waals surface area contributed by atoms with Gasteiger partial charge >= 0.3 is 0 Å². The highest BCUT2D eigenvalue weighted by Crippen LogP contribution is 2.16. The van der Waals surface area contributed by atoms with Crippen LogP contribution in [0, 0.1) is 5.92 Å². The van der Waals surface area contributed by atoms with E-state index in [0.29, 0.717) is 12.5 Å². The molecule has 0 aromatic carbocycles. The summed E-state index contributed by atoms with van der Waals surface area (Å²) in [7, 11) is 2.04. The Labute approximate surface area is 116 Å². The Balaban J connectivity index is 2.50. The molecular formula is C14H29N3O2. The van der Waals surface area contributed by atoms with Crippen LogP contribution in [0.2, 0.25) is 0 Å². The largest absolute Gasteiger partial charge is 0.381 e. The van der Waals surface area contributed by atoms with Crippen LogP contribution in [0.15, 0.2) is 0 Å². The second-order valence-corrected chi connectivity index (χ2v) is 6.28. The maximum absolute atomic E-state index is 11.7. The topological polar surface area (TPSA) is 67.6 Å². The molecule has 0 aromatic heterocycles. The number of ether oxygens (including phenoxy) is 1. The van der Waals surface area contributed by atoms with E-state index in [9.17, 15) is 4.79 Å². The molecule has 0 bridgehead atoms. The number of primary amides is 1. The lowest BCUT2D eigenvalue weighted by atomic mass is 9.97. The number of hydrogen-bond donors (Lipinski definition) is 2. The molecule has 1 fully saturated rings. The molecule has 112 valence electrons. The van der Waals surface area contributed by atoms with Gasteiger partial charge < -0.3 is 20.7 Å². The van der Waals surface area contributed by atoms with Crippen LogP contribution in [0.1, 0.15) is 33.6 Å². The molecule has 1 rings (SSSR count). The van der Waals surface area contributed by atoms with Crippen molar-refractivity contribution in [2.24, 2.45) is 11.7 Å². The maximum atomic E-state index is 11.7. The van der Waals surface area contributed by atoms with E-state index in [0.717, 1.165) is 26.2 Å². The van der Waals surface area contributed by atoms with Gasteiger partial charge in [0.25, 0.3) is 0 Å². The number of nitrogens with zero attached hydrogens (tertiary/aromatic N) is 1. The minimum Gasteiger partial charge on any atom is -0.381 e. The summed E-state index contributed by atoms with van der Waals surface area (Å²) in [6, 6.07) is 0.226. The van der Waals surface area contributed by atoms with Gasteiger partial charge in [-0.15, -0.1) is 0 Å². The number of hydrogen-bond acceptors (Lipinski definition) is 4. The van der Waals surface area contributed by atoms with Gasteiger partial charge in [-0.1, -0.05) is 0 Å². The van der Waals surface area contributed by atoms with Crippen LogP contribution in [0.25, 0.3) is 0 Å². The first-order valence-electron chi connectivity index (χ1n) is 7.17. The van der Waals surface area contributed by atoms with Gasteiger partial charge in [0, 0.05) is 25.7 Å². The molecule has 2 atom stereocenters. The highest BCUT2D eigenvalue weighted by atomic mass is 16.5. The standard InChI is InChI=1S/C14H29N3O2/c1-11(2)16-14(3,13(15)18)10-17(4)8-12-6-5-7-19-9-12/h11-12,16H,5-10H2,1-4H3,(H2,15,18). The molecule has 0 radical (unpaired) electrons. The summed E-state index contributed by atoms with van der Waals surface area (Å²) in [5.41, 5.74) is 4.87. The first-order chi connectivity index (χ1) is 8.83. The van der Waals surface area contributed by atoms with Gasteiger partial charge in [0.2, 0.25) is 5.91 Å². The van der Waals surface area contributed by atoms with E-state index in [1.807, 2.05) is 27.8 Å². The molecule has 19 heavy (non-hydrogen) atoms. The van der Waals surface area contributed by atoms with Crippen molar-refractivity contribution in [3.05, 3.63) is 0 Å². The summed E-state index contributed by atoms with van der Waals surface area (Å²) < 4.78 is 5.49. The van der Waals surface area contributed by atoms with E-state index in [-0.39, 0.29) is 11.9 Å². The van der Waals surface area contributed by atoms with Crippen LogP contribution in [-0.2, 0) is 9.53 Å². The Kier molecular flexibility index (Phi) is 6.23. The van der Waals surface area contributed by atoms with Gasteiger partial charge in [-0.05, 0) is 46.6 Å². The highest BCUT2D eigenvalue weighted by molar-refractivity contribution is 5.84. The van der Waals surface area contributed by atoms with E-state index in [2.05, 4.69) is 10.2 Å². The van der Waals surface area contributed by atoms with Crippen LogP contribution in [-0.4, -0.2) is 55.7 Å². The predicted octanol–water partition coefficient (Wildman–Crippen LogP) is 0.587. The molecule has 5 heteroatoms. The maximum Gasteiger partial charge on any atom is 0.238 e. The van der Waals surface area contributed by atoms with Gasteiger partial charge in [0.05, 0.1) is 6.61 Å². The van der Waals surface area contributed by atoms with Crippen LogP contribution in [0.3, 0.4) is 0 Å². The lowest BCUT2D eigenvalue weighted by Gasteiger charge is -2.35. The molecule has 2 unspecified atom stereocenters. The zero-order valence-corrected chi connectivity index (χ0v) is 12.7. The molecule has 1 heterocycles. The van der Waals surface area contributed by atoms with E-state index in [1.165, 1.54) is 6.42 Å². The summed E-state index contributed by atoms with van der Waals surface area (Å²) in [6.45, 7) is 9.21. The Morgan fingerprint density at radius 3 is 2.74 bits per heavy atom. The van der Waals surface area contributed by atoms with Gasteiger partial charge in [0.15, 0.2) is 0 Å². The Bertz CT molecular complexity index is 290. The third kappa shape index (κ3) is 5.47. The third-order valence-electron chi connectivity index (χ3n) is 3.56. The molecule has 0 spiro atoms. The molecular weight excluding hydrogens is 242 g/mol. The third-order valence-corrected chi connectivity index (χ3v) is 3.56. The van der Waals surface area contributed by atoms with Crippen molar-refractivity contribution < 1.29 is 9.53 Å². The molecule has 3 N–H and O–H groups in total. The number of rotatable bonds is 7. The fraction of sp³-hybridized carbons (Fsp3) is 0.929. The number of nitrogens with two attached hydrogens (primary N) is 1. The van der Waals surface area contributed by atoms with Crippen molar-refractivity contribution >= 4 is 5.91 Å². The fourth-order valence-corrected chi connectivity index (χ4v) is 2.83. The average Bonchev–Trinajstić information content (AvgIpc) is 2.28.